The first-order valence-electron chi connectivity index (χ1n) is 6.14. The molecular formula is C12H16Cl3N3. The maximum absolute atomic E-state index is 6.03. The number of nitrogens with one attached hydrogen (secondary N) is 1. The predicted octanol–water partition coefficient (Wildman–Crippen LogP) is 3.94. The van der Waals surface area contributed by atoms with Crippen molar-refractivity contribution in [3.63, 3.8) is 0 Å². The van der Waals surface area contributed by atoms with Gasteiger partial charge in [0.25, 0.3) is 0 Å². The van der Waals surface area contributed by atoms with E-state index in [4.69, 9.17) is 34.8 Å². The summed E-state index contributed by atoms with van der Waals surface area (Å²) in [5, 5.41) is 4.36. The van der Waals surface area contributed by atoms with Crippen molar-refractivity contribution < 1.29 is 0 Å². The maximum atomic E-state index is 6.03. The van der Waals surface area contributed by atoms with Gasteiger partial charge in [0.1, 0.15) is 11.0 Å². The third kappa shape index (κ3) is 3.89. The number of likely N-dealkylation sites (tertiary alicyclic amines) is 1. The average Bonchev–Trinajstić information content (AvgIpc) is 2.84. The number of rotatable bonds is 5. The predicted molar refractivity (Wildman–Crippen MR) is 78.0 cm³/mol. The lowest BCUT2D eigenvalue weighted by Crippen LogP contribution is -2.22. The van der Waals surface area contributed by atoms with Crippen LogP contribution in [0.15, 0.2) is 6.07 Å². The smallest absolute Gasteiger partial charge is 0.150 e. The van der Waals surface area contributed by atoms with Crippen molar-refractivity contribution in [3.8, 4) is 0 Å². The SMILES string of the molecule is Clc1cc(Cl)c(NCCCN2CCCC2)nc1Cl. The highest BCUT2D eigenvalue weighted by Crippen LogP contribution is 2.28. The Hall–Kier alpha value is -0.220. The Labute approximate surface area is 122 Å². The molecule has 0 radical (unpaired) electrons. The fourth-order valence-electron chi connectivity index (χ4n) is 2.08. The van der Waals surface area contributed by atoms with Crippen LogP contribution in [0.2, 0.25) is 15.2 Å². The Morgan fingerprint density at radius 2 is 1.89 bits per heavy atom. The molecule has 6 heteroatoms. The number of pyridine rings is 1. The molecule has 1 N–H and O–H groups in total. The number of aromatic nitrogens is 1. The van der Waals surface area contributed by atoms with Crippen LogP contribution < -0.4 is 5.32 Å². The molecule has 3 nitrogen and oxygen atoms in total. The van der Waals surface area contributed by atoms with Crippen LogP contribution in [0.1, 0.15) is 19.3 Å². The van der Waals surface area contributed by atoms with Crippen LogP contribution in [0, 0.1) is 0 Å². The Morgan fingerprint density at radius 3 is 2.61 bits per heavy atom. The summed E-state index contributed by atoms with van der Waals surface area (Å²) in [4.78, 5) is 6.60. The molecule has 100 valence electrons. The highest BCUT2D eigenvalue weighted by atomic mass is 35.5. The van der Waals surface area contributed by atoms with Gasteiger partial charge in [0.15, 0.2) is 0 Å². The first-order chi connectivity index (χ1) is 8.66. The minimum atomic E-state index is 0.281. The lowest BCUT2D eigenvalue weighted by atomic mass is 10.3. The molecule has 2 rings (SSSR count). The fourth-order valence-corrected chi connectivity index (χ4v) is 2.65. The highest BCUT2D eigenvalue weighted by molar-refractivity contribution is 6.42. The van der Waals surface area contributed by atoms with E-state index in [1.807, 2.05) is 0 Å². The van der Waals surface area contributed by atoms with E-state index in [9.17, 15) is 0 Å². The van der Waals surface area contributed by atoms with E-state index < -0.39 is 0 Å². The van der Waals surface area contributed by atoms with Gasteiger partial charge in [-0.2, -0.15) is 0 Å². The van der Waals surface area contributed by atoms with Gasteiger partial charge in [0.05, 0.1) is 10.0 Å². The van der Waals surface area contributed by atoms with Crippen LogP contribution in [0.25, 0.3) is 0 Å². The molecule has 0 aliphatic carbocycles. The van der Waals surface area contributed by atoms with Gasteiger partial charge < -0.3 is 10.2 Å². The van der Waals surface area contributed by atoms with E-state index in [1.54, 1.807) is 6.07 Å². The molecule has 1 aliphatic heterocycles. The van der Waals surface area contributed by atoms with Gasteiger partial charge in [-0.3, -0.25) is 0 Å². The standard InChI is InChI=1S/C12H16Cl3N3/c13-9-8-10(14)12(17-11(9)15)16-4-3-7-18-5-1-2-6-18/h8H,1-7H2,(H,16,17). The van der Waals surface area contributed by atoms with Gasteiger partial charge in [-0.05, 0) is 45.0 Å². The van der Waals surface area contributed by atoms with Crippen molar-refractivity contribution in [3.05, 3.63) is 21.3 Å². The quantitative estimate of drug-likeness (QED) is 0.659. The highest BCUT2D eigenvalue weighted by Gasteiger charge is 2.11. The van der Waals surface area contributed by atoms with Crippen LogP contribution in [-0.4, -0.2) is 36.1 Å². The molecule has 18 heavy (non-hydrogen) atoms. The number of hydrogen-bond acceptors (Lipinski definition) is 3. The summed E-state index contributed by atoms with van der Waals surface area (Å²) in [5.41, 5.74) is 0. The lowest BCUT2D eigenvalue weighted by molar-refractivity contribution is 0.337. The molecule has 0 spiro atoms. The first kappa shape index (κ1) is 14.2. The van der Waals surface area contributed by atoms with E-state index in [0.29, 0.717) is 15.9 Å². The van der Waals surface area contributed by atoms with E-state index in [1.165, 1.54) is 25.9 Å². The monoisotopic (exact) mass is 307 g/mol. The second kappa shape index (κ2) is 6.80. The summed E-state index contributed by atoms with van der Waals surface area (Å²) in [7, 11) is 0. The van der Waals surface area contributed by atoms with E-state index >= 15 is 0 Å². The molecule has 1 aromatic rings. The van der Waals surface area contributed by atoms with Crippen molar-refractivity contribution in [1.29, 1.82) is 0 Å². The minimum absolute atomic E-state index is 0.281. The zero-order valence-electron chi connectivity index (χ0n) is 10.1. The van der Waals surface area contributed by atoms with Crippen LogP contribution in [0.3, 0.4) is 0 Å². The summed E-state index contributed by atoms with van der Waals surface area (Å²) >= 11 is 17.7. The van der Waals surface area contributed by atoms with Crippen LogP contribution in [-0.2, 0) is 0 Å². The van der Waals surface area contributed by atoms with E-state index in [-0.39, 0.29) is 5.15 Å². The van der Waals surface area contributed by atoms with Crippen LogP contribution in [0.5, 0.6) is 0 Å². The molecule has 1 aromatic heterocycles. The van der Waals surface area contributed by atoms with Crippen molar-refractivity contribution in [2.75, 3.05) is 31.5 Å². The molecule has 1 saturated heterocycles. The van der Waals surface area contributed by atoms with Crippen molar-refractivity contribution in [2.24, 2.45) is 0 Å². The largest absolute Gasteiger partial charge is 0.369 e. The van der Waals surface area contributed by atoms with Gasteiger partial charge >= 0.3 is 0 Å². The summed E-state index contributed by atoms with van der Waals surface area (Å²) in [6.45, 7) is 4.41. The van der Waals surface area contributed by atoms with Gasteiger partial charge in [-0.25, -0.2) is 4.98 Å². The first-order valence-corrected chi connectivity index (χ1v) is 7.28. The summed E-state index contributed by atoms with van der Waals surface area (Å²) in [6.07, 6.45) is 3.72. The Balaban J connectivity index is 1.77. The molecular weight excluding hydrogens is 293 g/mol. The summed E-state index contributed by atoms with van der Waals surface area (Å²) < 4.78 is 0. The molecule has 1 fully saturated rings. The Bertz CT molecular complexity index is 406. The number of nitrogens with zero attached hydrogens (tertiary/aromatic N) is 2. The van der Waals surface area contributed by atoms with E-state index in [0.717, 1.165) is 19.5 Å². The molecule has 0 saturated carbocycles. The number of halogens is 3. The zero-order chi connectivity index (χ0) is 13.0. The lowest BCUT2D eigenvalue weighted by Gasteiger charge is -2.14. The number of hydrogen-bond donors (Lipinski definition) is 1. The number of anilines is 1. The molecule has 0 atom stereocenters. The summed E-state index contributed by atoms with van der Waals surface area (Å²) in [5.74, 6) is 0.604. The fraction of sp³-hybridized carbons (Fsp3) is 0.583. The normalized spacial score (nSPS) is 16.2. The second-order valence-electron chi connectivity index (χ2n) is 4.42. The topological polar surface area (TPSA) is 28.2 Å². The molecule has 0 amide bonds. The molecule has 0 unspecified atom stereocenters. The third-order valence-electron chi connectivity index (χ3n) is 3.03. The van der Waals surface area contributed by atoms with E-state index in [2.05, 4.69) is 15.2 Å². The Morgan fingerprint density at radius 1 is 1.17 bits per heavy atom. The Kier molecular flexibility index (Phi) is 5.37. The molecule has 2 heterocycles. The second-order valence-corrected chi connectivity index (χ2v) is 5.59. The van der Waals surface area contributed by atoms with Gasteiger partial charge in [-0.15, -0.1) is 0 Å². The molecule has 1 aliphatic rings. The minimum Gasteiger partial charge on any atom is -0.369 e. The maximum Gasteiger partial charge on any atom is 0.150 e. The van der Waals surface area contributed by atoms with Crippen molar-refractivity contribution >= 4 is 40.6 Å². The van der Waals surface area contributed by atoms with Gasteiger partial charge in [0, 0.05) is 6.54 Å². The van der Waals surface area contributed by atoms with Crippen LogP contribution in [0.4, 0.5) is 5.82 Å². The summed E-state index contributed by atoms with van der Waals surface area (Å²) in [6, 6.07) is 1.61. The molecule has 0 aromatic carbocycles. The van der Waals surface area contributed by atoms with Gasteiger partial charge in [0.2, 0.25) is 0 Å². The van der Waals surface area contributed by atoms with Crippen molar-refractivity contribution in [1.82, 2.24) is 9.88 Å². The molecule has 0 bridgehead atoms. The van der Waals surface area contributed by atoms with Gasteiger partial charge in [-0.1, -0.05) is 34.8 Å². The van der Waals surface area contributed by atoms with Crippen LogP contribution >= 0.6 is 34.8 Å². The van der Waals surface area contributed by atoms with Crippen molar-refractivity contribution in [2.45, 2.75) is 19.3 Å². The zero-order valence-corrected chi connectivity index (χ0v) is 12.3. The average molecular weight is 309 g/mol. The third-order valence-corrected chi connectivity index (χ3v) is 3.99.